The Kier molecular flexibility index (Phi) is 30.7. The highest BCUT2D eigenvalue weighted by atomic mass is 79.9. The maximum absolute atomic E-state index is 9.96. The van der Waals surface area contributed by atoms with Gasteiger partial charge in [0.25, 0.3) is 0 Å². The van der Waals surface area contributed by atoms with Gasteiger partial charge in [-0.15, -0.1) is 0 Å². The molecule has 0 bridgehead atoms. The standard InChI is InChI=1S/C13H10BrNO.2C13H9Cl2NO.C13H11ClN2.C13H10ClNO.C13H11NO/c14-12-7-2-1-6-11(12)13(16)9-10-5-3-4-8-15-10;14-11-6-3-5-10(13(11)15)12(17)8-9-4-1-2-7-16-9;14-9-4-5-11(12(15)7-9)13(17)8-10-3-1-2-6-16-10;14-12-7-2-1-6-11(12)13(15)9-10-5-3-4-8-16-10;14-12-7-2-1-6-11(12)13(16)9-10-5-3-4-8-15-10;15-13(11-6-2-1-3-7-11)10-12-8-4-5-9-14-12/h1-9,16H;2*1-8,17H;1-9H,15H2;1-9,16H;1-10,15H/b13-9+;12-8+;13-8+;2*13-9+;13-10+. The molecule has 0 aliphatic carbocycles. The molecule has 6 aromatic heterocycles. The summed E-state index contributed by atoms with van der Waals surface area (Å²) >= 11 is 39.0. The van der Waals surface area contributed by atoms with Crippen LogP contribution < -0.4 is 5.73 Å². The molecule has 97 heavy (non-hydrogen) atoms. The van der Waals surface area contributed by atoms with E-state index in [0.29, 0.717) is 69.6 Å². The Morgan fingerprint density at radius 1 is 0.289 bits per heavy atom. The molecule has 6 aromatic carbocycles. The molecule has 0 saturated heterocycles. The van der Waals surface area contributed by atoms with Gasteiger partial charge in [0.2, 0.25) is 0 Å². The minimum Gasteiger partial charge on any atom is -0.507 e. The zero-order chi connectivity index (χ0) is 69.2. The number of halogens is 7. The summed E-state index contributed by atoms with van der Waals surface area (Å²) in [7, 11) is 0. The predicted molar refractivity (Wildman–Crippen MR) is 406 cm³/mol. The summed E-state index contributed by atoms with van der Waals surface area (Å²) in [6.07, 6.45) is 19.9. The van der Waals surface area contributed by atoms with Gasteiger partial charge < -0.3 is 31.3 Å². The van der Waals surface area contributed by atoms with E-state index in [4.69, 9.17) is 75.3 Å². The topological polar surface area (TPSA) is 205 Å². The van der Waals surface area contributed by atoms with Gasteiger partial charge in [-0.25, -0.2) is 0 Å². The van der Waals surface area contributed by atoms with Crippen LogP contribution in [0.1, 0.15) is 67.5 Å². The van der Waals surface area contributed by atoms with Crippen LogP contribution in [0.5, 0.6) is 0 Å². The van der Waals surface area contributed by atoms with Gasteiger partial charge in [-0.1, -0.05) is 207 Å². The van der Waals surface area contributed by atoms with Gasteiger partial charge in [-0.3, -0.25) is 29.9 Å². The summed E-state index contributed by atoms with van der Waals surface area (Å²) in [6, 6.07) is 74.7. The fourth-order valence-electron chi connectivity index (χ4n) is 8.14. The SMILES string of the molecule is N/C(=C/c1ccccn1)c1ccccc1Cl.O/C(=C/c1ccccn1)c1ccc(Cl)cc1Cl.O/C(=C/c1ccccn1)c1cccc(Cl)c1Cl.O/C(=C/c1ccccn1)c1ccccc1.O/C(=C/c1ccccn1)c1ccccc1Br.O/C(=C/c1ccccn1)c1ccccc1Cl. The first-order valence-corrected chi connectivity index (χ1v) is 32.3. The van der Waals surface area contributed by atoms with E-state index in [1.165, 1.54) is 6.08 Å². The number of hydrogen-bond donors (Lipinski definition) is 6. The van der Waals surface area contributed by atoms with E-state index in [0.717, 1.165) is 38.2 Å². The first kappa shape index (κ1) is 74.1. The normalized spacial score (nSPS) is 11.5. The van der Waals surface area contributed by atoms with Crippen LogP contribution in [-0.4, -0.2) is 55.4 Å². The highest BCUT2D eigenvalue weighted by molar-refractivity contribution is 9.10. The molecule has 486 valence electrons. The Bertz CT molecular complexity index is 4370. The average molecular weight is 1470 g/mol. The van der Waals surface area contributed by atoms with Crippen molar-refractivity contribution in [2.45, 2.75) is 0 Å². The smallest absolute Gasteiger partial charge is 0.126 e. The number of rotatable bonds is 12. The van der Waals surface area contributed by atoms with Crippen molar-refractivity contribution in [2.75, 3.05) is 0 Å². The predicted octanol–water partition coefficient (Wildman–Crippen LogP) is 22.9. The number of aromatic nitrogens is 6. The summed E-state index contributed by atoms with van der Waals surface area (Å²) in [5, 5.41) is 52.4. The quantitative estimate of drug-likeness (QED) is 0.0633. The fraction of sp³-hybridized carbons (Fsp3) is 0. The molecule has 7 N–H and O–H groups in total. The lowest BCUT2D eigenvalue weighted by atomic mass is 10.1. The molecule has 19 heteroatoms. The van der Waals surface area contributed by atoms with Crippen LogP contribution in [0.25, 0.3) is 70.9 Å². The van der Waals surface area contributed by atoms with Crippen molar-refractivity contribution in [2.24, 2.45) is 5.73 Å². The van der Waals surface area contributed by atoms with Crippen molar-refractivity contribution in [1.82, 2.24) is 29.9 Å². The summed E-state index contributed by atoms with van der Waals surface area (Å²) < 4.78 is 0.861. The molecule has 0 aliphatic rings. The highest BCUT2D eigenvalue weighted by Gasteiger charge is 2.10. The first-order valence-electron chi connectivity index (χ1n) is 29.2. The zero-order valence-electron chi connectivity index (χ0n) is 51.2. The second-order valence-electron chi connectivity index (χ2n) is 19.8. The Morgan fingerprint density at radius 3 is 1.01 bits per heavy atom. The fourth-order valence-corrected chi connectivity index (χ4v) is 10.0. The first-order chi connectivity index (χ1) is 47.0. The maximum Gasteiger partial charge on any atom is 0.126 e. The summed E-state index contributed by atoms with van der Waals surface area (Å²) in [6.45, 7) is 0. The average Bonchev–Trinajstić information content (AvgIpc) is 1.06. The molecule has 0 atom stereocenters. The molecule has 0 saturated carbocycles. The monoisotopic (exact) mass is 1460 g/mol. The largest absolute Gasteiger partial charge is 0.507 e. The number of aliphatic hydroxyl groups excluding tert-OH is 5. The summed E-state index contributed by atoms with van der Waals surface area (Å²) in [5.41, 5.74) is 14.9. The molecule has 0 fully saturated rings. The van der Waals surface area contributed by atoms with Gasteiger partial charge in [0.1, 0.15) is 28.8 Å². The molecule has 12 nitrogen and oxygen atoms in total. The van der Waals surface area contributed by atoms with Gasteiger partial charge in [0.15, 0.2) is 0 Å². The minimum absolute atomic E-state index is 0.0381. The van der Waals surface area contributed by atoms with E-state index in [2.05, 4.69) is 45.8 Å². The van der Waals surface area contributed by atoms with Gasteiger partial charge in [0.05, 0.1) is 54.3 Å². The number of nitrogens with zero attached hydrogens (tertiary/aromatic N) is 6. The van der Waals surface area contributed by atoms with Gasteiger partial charge in [0, 0.05) is 121 Å². The third kappa shape index (κ3) is 25.4. The number of nitrogens with two attached hydrogens (primary N) is 1. The Labute approximate surface area is 601 Å². The molecule has 12 rings (SSSR count). The van der Waals surface area contributed by atoms with Gasteiger partial charge in [-0.2, -0.15) is 0 Å². The highest BCUT2D eigenvalue weighted by Crippen LogP contribution is 2.31. The van der Waals surface area contributed by atoms with Gasteiger partial charge in [-0.05, 0) is 133 Å². The lowest BCUT2D eigenvalue weighted by Gasteiger charge is -2.04. The Morgan fingerprint density at radius 2 is 0.608 bits per heavy atom. The molecule has 6 heterocycles. The third-order valence-electron chi connectivity index (χ3n) is 12.8. The van der Waals surface area contributed by atoms with Crippen LogP contribution in [0, 0.1) is 0 Å². The van der Waals surface area contributed by atoms with Crippen LogP contribution >= 0.6 is 85.5 Å². The van der Waals surface area contributed by atoms with Crippen LogP contribution in [-0.2, 0) is 0 Å². The second-order valence-corrected chi connectivity index (χ2v) is 23.1. The van der Waals surface area contributed by atoms with Crippen LogP contribution in [0.2, 0.25) is 30.1 Å². The molecule has 0 spiro atoms. The third-order valence-corrected chi connectivity index (χ3v) is 15.6. The number of benzene rings is 6. The van der Waals surface area contributed by atoms with E-state index in [-0.39, 0.29) is 28.8 Å². The lowest BCUT2D eigenvalue weighted by Crippen LogP contribution is -1.97. The van der Waals surface area contributed by atoms with E-state index in [1.807, 2.05) is 182 Å². The Balaban J connectivity index is 0.000000164. The number of aliphatic hydroxyl groups is 5. The van der Waals surface area contributed by atoms with Crippen LogP contribution in [0.15, 0.2) is 290 Å². The van der Waals surface area contributed by atoms with Crippen molar-refractivity contribution >= 4 is 156 Å². The number of pyridine rings is 6. The zero-order valence-corrected chi connectivity index (χ0v) is 57.4. The lowest BCUT2D eigenvalue weighted by molar-refractivity contribution is 0.514. The minimum atomic E-state index is 0.0381. The molecule has 0 amide bonds. The second kappa shape index (κ2) is 40.2. The molecular weight excluding hydrogens is 1410 g/mol. The molecule has 0 radical (unpaired) electrons. The number of hydrogen-bond acceptors (Lipinski definition) is 12. The molecule has 12 aromatic rings. The Hall–Kier alpha value is -10.3. The molecule has 0 aliphatic heterocycles. The van der Waals surface area contributed by atoms with E-state index in [1.54, 1.807) is 134 Å². The van der Waals surface area contributed by atoms with E-state index < -0.39 is 0 Å². The molecular formula is C78H60BrCl6N7O5. The van der Waals surface area contributed by atoms with Crippen molar-refractivity contribution in [3.8, 4) is 0 Å². The molecule has 0 unspecified atom stereocenters. The van der Waals surface area contributed by atoms with Crippen LogP contribution in [0.3, 0.4) is 0 Å². The van der Waals surface area contributed by atoms with Crippen molar-refractivity contribution in [3.05, 3.63) is 388 Å². The summed E-state index contributed by atoms with van der Waals surface area (Å²) in [5.74, 6) is 0.645. The summed E-state index contributed by atoms with van der Waals surface area (Å²) in [4.78, 5) is 24.7. The van der Waals surface area contributed by atoms with Crippen molar-refractivity contribution in [1.29, 1.82) is 0 Å². The van der Waals surface area contributed by atoms with Crippen molar-refractivity contribution < 1.29 is 25.5 Å². The van der Waals surface area contributed by atoms with Crippen molar-refractivity contribution in [3.63, 3.8) is 0 Å². The van der Waals surface area contributed by atoms with Gasteiger partial charge >= 0.3 is 0 Å². The van der Waals surface area contributed by atoms with E-state index >= 15 is 0 Å². The van der Waals surface area contributed by atoms with E-state index in [9.17, 15) is 25.5 Å². The maximum atomic E-state index is 9.96. The van der Waals surface area contributed by atoms with Crippen LogP contribution in [0.4, 0.5) is 0 Å².